The van der Waals surface area contributed by atoms with E-state index < -0.39 is 0 Å². The number of anilines is 2. The maximum Gasteiger partial charge on any atom is 0.241 e. The molecule has 0 saturated carbocycles. The fraction of sp³-hybridized carbons (Fsp3) is 0.389. The second-order valence-corrected chi connectivity index (χ2v) is 6.31. The molecule has 1 saturated heterocycles. The third kappa shape index (κ3) is 3.41. The van der Waals surface area contributed by atoms with Gasteiger partial charge in [0.1, 0.15) is 0 Å². The van der Waals surface area contributed by atoms with Gasteiger partial charge in [-0.2, -0.15) is 0 Å². The van der Waals surface area contributed by atoms with Crippen LogP contribution in [0.4, 0.5) is 11.6 Å². The summed E-state index contributed by atoms with van der Waals surface area (Å²) in [5, 5.41) is 2.96. The number of amides is 1. The van der Waals surface area contributed by atoms with E-state index >= 15 is 0 Å². The molecule has 8 heteroatoms. The zero-order chi connectivity index (χ0) is 17.9. The fourth-order valence-electron chi connectivity index (χ4n) is 3.15. The van der Waals surface area contributed by atoms with E-state index in [1.807, 2.05) is 19.1 Å². The number of carbonyl (C=O) groups excluding carboxylic acids is 1. The summed E-state index contributed by atoms with van der Waals surface area (Å²) in [4.78, 5) is 25.5. The van der Waals surface area contributed by atoms with Crippen LogP contribution >= 0.6 is 0 Å². The number of carbonyl (C=O) groups is 1. The van der Waals surface area contributed by atoms with Crippen molar-refractivity contribution in [2.24, 2.45) is 0 Å². The average molecular weight is 355 g/mol. The number of piperazine rings is 1. The van der Waals surface area contributed by atoms with E-state index in [4.69, 9.17) is 9.47 Å². The number of rotatable bonds is 4. The predicted molar refractivity (Wildman–Crippen MR) is 96.5 cm³/mol. The molecule has 136 valence electrons. The molecule has 1 fully saturated rings. The van der Waals surface area contributed by atoms with Crippen LogP contribution in [0.5, 0.6) is 11.5 Å². The number of ether oxygens (including phenoxy) is 2. The minimum atomic E-state index is -0.223. The Morgan fingerprint density at radius 3 is 2.62 bits per heavy atom. The molecule has 26 heavy (non-hydrogen) atoms. The van der Waals surface area contributed by atoms with Gasteiger partial charge in [0.2, 0.25) is 18.6 Å². The molecule has 0 aliphatic carbocycles. The molecule has 1 aromatic heterocycles. The molecule has 0 unspecified atom stereocenters. The fourth-order valence-corrected chi connectivity index (χ4v) is 3.15. The lowest BCUT2D eigenvalue weighted by molar-refractivity contribution is -0.120. The predicted octanol–water partition coefficient (Wildman–Crippen LogP) is 1.35. The van der Waals surface area contributed by atoms with Crippen molar-refractivity contribution in [1.29, 1.82) is 0 Å². The number of nitrogens with zero attached hydrogens (tertiary/aromatic N) is 4. The Bertz CT molecular complexity index is 778. The van der Waals surface area contributed by atoms with Crippen LogP contribution in [0.25, 0.3) is 0 Å². The number of hydrogen-bond donors (Lipinski definition) is 1. The maximum atomic E-state index is 12.6. The third-order valence-corrected chi connectivity index (χ3v) is 4.72. The molecule has 1 N–H and O–H groups in total. The second kappa shape index (κ2) is 7.17. The van der Waals surface area contributed by atoms with Crippen molar-refractivity contribution in [3.8, 4) is 11.5 Å². The van der Waals surface area contributed by atoms with Gasteiger partial charge in [-0.05, 0) is 25.1 Å². The number of aromatic nitrogens is 2. The summed E-state index contributed by atoms with van der Waals surface area (Å²) >= 11 is 0. The van der Waals surface area contributed by atoms with Crippen LogP contribution in [-0.2, 0) is 4.79 Å². The minimum absolute atomic E-state index is 0.0340. The topological polar surface area (TPSA) is 79.8 Å². The van der Waals surface area contributed by atoms with Gasteiger partial charge in [-0.3, -0.25) is 9.69 Å². The van der Waals surface area contributed by atoms with Crippen molar-refractivity contribution in [3.05, 3.63) is 36.7 Å². The number of nitrogens with one attached hydrogen (secondary N) is 1. The van der Waals surface area contributed by atoms with Gasteiger partial charge in [-0.25, -0.2) is 9.97 Å². The van der Waals surface area contributed by atoms with E-state index in [2.05, 4.69) is 25.1 Å². The monoisotopic (exact) mass is 355 g/mol. The summed E-state index contributed by atoms with van der Waals surface area (Å²) in [5.41, 5.74) is 0.711. The highest BCUT2D eigenvalue weighted by molar-refractivity contribution is 5.94. The highest BCUT2D eigenvalue weighted by atomic mass is 16.7. The Morgan fingerprint density at radius 1 is 1.12 bits per heavy atom. The first kappa shape index (κ1) is 16.6. The van der Waals surface area contributed by atoms with Crippen molar-refractivity contribution < 1.29 is 14.3 Å². The van der Waals surface area contributed by atoms with E-state index in [9.17, 15) is 4.79 Å². The molecule has 1 atom stereocenters. The van der Waals surface area contributed by atoms with Crippen molar-refractivity contribution >= 4 is 17.5 Å². The Labute approximate surface area is 151 Å². The summed E-state index contributed by atoms with van der Waals surface area (Å²) in [7, 11) is 0. The van der Waals surface area contributed by atoms with Gasteiger partial charge in [0, 0.05) is 50.3 Å². The molecular formula is C18H21N5O3. The number of fused-ring (bicyclic) bond motifs is 1. The van der Waals surface area contributed by atoms with Crippen LogP contribution < -0.4 is 19.7 Å². The van der Waals surface area contributed by atoms with Crippen molar-refractivity contribution in [3.63, 3.8) is 0 Å². The molecule has 0 radical (unpaired) electrons. The first-order valence-electron chi connectivity index (χ1n) is 8.67. The first-order valence-corrected chi connectivity index (χ1v) is 8.67. The normalized spacial score (nSPS) is 17.8. The largest absolute Gasteiger partial charge is 0.454 e. The van der Waals surface area contributed by atoms with Crippen LogP contribution in [-0.4, -0.2) is 59.8 Å². The Balaban J connectivity index is 1.33. The van der Waals surface area contributed by atoms with Crippen molar-refractivity contribution in [2.45, 2.75) is 13.0 Å². The Hall–Kier alpha value is -2.87. The Morgan fingerprint density at radius 2 is 1.85 bits per heavy atom. The molecule has 2 aliphatic heterocycles. The first-order chi connectivity index (χ1) is 12.7. The van der Waals surface area contributed by atoms with Gasteiger partial charge in [-0.1, -0.05) is 0 Å². The lowest BCUT2D eigenvalue weighted by Gasteiger charge is -2.37. The van der Waals surface area contributed by atoms with E-state index in [-0.39, 0.29) is 18.7 Å². The number of hydrogen-bond acceptors (Lipinski definition) is 7. The maximum absolute atomic E-state index is 12.6. The van der Waals surface area contributed by atoms with Gasteiger partial charge < -0.3 is 19.7 Å². The Kier molecular flexibility index (Phi) is 4.57. The third-order valence-electron chi connectivity index (χ3n) is 4.72. The molecule has 2 aliphatic rings. The van der Waals surface area contributed by atoms with Crippen molar-refractivity contribution in [1.82, 2.24) is 14.9 Å². The van der Waals surface area contributed by atoms with E-state index in [0.29, 0.717) is 17.2 Å². The van der Waals surface area contributed by atoms with Crippen molar-refractivity contribution in [2.75, 3.05) is 43.2 Å². The average Bonchev–Trinajstić information content (AvgIpc) is 3.16. The van der Waals surface area contributed by atoms with Gasteiger partial charge in [0.25, 0.3) is 0 Å². The number of benzene rings is 1. The van der Waals surface area contributed by atoms with Gasteiger partial charge >= 0.3 is 0 Å². The minimum Gasteiger partial charge on any atom is -0.454 e. The highest BCUT2D eigenvalue weighted by Crippen LogP contribution is 2.34. The van der Waals surface area contributed by atoms with E-state index in [1.165, 1.54) is 0 Å². The van der Waals surface area contributed by atoms with Gasteiger partial charge in [0.05, 0.1) is 6.04 Å². The van der Waals surface area contributed by atoms with Gasteiger partial charge in [0.15, 0.2) is 11.5 Å². The SMILES string of the molecule is C[C@@H](C(=O)Nc1ccc2c(c1)OCO2)N1CCN(c2ncccn2)CC1. The lowest BCUT2D eigenvalue weighted by Crippen LogP contribution is -2.53. The quantitative estimate of drug-likeness (QED) is 0.887. The standard InChI is InChI=1S/C18H21N5O3/c1-13(17(24)21-14-3-4-15-16(11-14)26-12-25-15)22-7-9-23(10-8-22)18-19-5-2-6-20-18/h2-6,11,13H,7-10,12H2,1H3,(H,21,24)/t13-/m0/s1. The zero-order valence-electron chi connectivity index (χ0n) is 14.6. The molecule has 8 nitrogen and oxygen atoms in total. The van der Waals surface area contributed by atoms with Crippen LogP contribution in [0, 0.1) is 0 Å². The smallest absolute Gasteiger partial charge is 0.241 e. The molecule has 2 aromatic rings. The molecular weight excluding hydrogens is 334 g/mol. The molecule has 3 heterocycles. The molecule has 4 rings (SSSR count). The molecule has 1 amide bonds. The zero-order valence-corrected chi connectivity index (χ0v) is 14.6. The van der Waals surface area contributed by atoms with Crippen LogP contribution in [0.2, 0.25) is 0 Å². The van der Waals surface area contributed by atoms with E-state index in [0.717, 1.165) is 32.1 Å². The molecule has 0 spiro atoms. The highest BCUT2D eigenvalue weighted by Gasteiger charge is 2.26. The summed E-state index contributed by atoms with van der Waals surface area (Å²) in [5.74, 6) is 2.07. The second-order valence-electron chi connectivity index (χ2n) is 6.31. The van der Waals surface area contributed by atoms with Gasteiger partial charge in [-0.15, -0.1) is 0 Å². The summed E-state index contributed by atoms with van der Waals surface area (Å²) in [6, 6.07) is 7.00. The van der Waals surface area contributed by atoms with E-state index in [1.54, 1.807) is 24.5 Å². The summed E-state index contributed by atoms with van der Waals surface area (Å²) in [6.45, 7) is 5.31. The molecule has 0 bridgehead atoms. The summed E-state index contributed by atoms with van der Waals surface area (Å²) in [6.07, 6.45) is 3.49. The van der Waals surface area contributed by atoms with Crippen LogP contribution in [0.1, 0.15) is 6.92 Å². The van der Waals surface area contributed by atoms with Crippen LogP contribution in [0.3, 0.4) is 0 Å². The molecule has 1 aromatic carbocycles. The van der Waals surface area contributed by atoms with Crippen LogP contribution in [0.15, 0.2) is 36.7 Å². The lowest BCUT2D eigenvalue weighted by atomic mass is 10.2. The summed E-state index contributed by atoms with van der Waals surface area (Å²) < 4.78 is 10.6.